The summed E-state index contributed by atoms with van der Waals surface area (Å²) in [7, 11) is 0. The number of carboxylic acid groups (broad SMARTS) is 1. The fourth-order valence-corrected chi connectivity index (χ4v) is 0.123. The van der Waals surface area contributed by atoms with Crippen LogP contribution in [0.15, 0.2) is 10.6 Å². The lowest BCUT2D eigenvalue weighted by molar-refractivity contribution is -0.131. The molecule has 0 unspecified atom stereocenters. The molecule has 2 nitrogen and oxygen atoms in total. The zero-order chi connectivity index (χ0) is 5.86. The Morgan fingerprint density at radius 1 is 1.86 bits per heavy atom. The molecular weight excluding hydrogens is 160 g/mol. The van der Waals surface area contributed by atoms with Crippen molar-refractivity contribution >= 4 is 21.9 Å². The molecule has 0 spiro atoms. The maximum Gasteiger partial charge on any atom is 0.342 e. The van der Waals surface area contributed by atoms with Gasteiger partial charge in [-0.05, 0) is 22.9 Å². The van der Waals surface area contributed by atoms with Gasteiger partial charge in [0.15, 0.2) is 0 Å². The Kier molecular flexibility index (Phi) is 2.67. The van der Waals surface area contributed by atoms with Crippen LogP contribution in [-0.2, 0) is 4.79 Å². The van der Waals surface area contributed by atoms with Crippen molar-refractivity contribution in [1.29, 1.82) is 0 Å². The lowest BCUT2D eigenvalue weighted by atomic mass is 10.5. The van der Waals surface area contributed by atoms with Gasteiger partial charge in [0.2, 0.25) is 0 Å². The van der Waals surface area contributed by atoms with E-state index in [4.69, 9.17) is 5.11 Å². The number of hydrogen-bond donors (Lipinski definition) is 1. The number of carbonyl (C=O) groups is 1. The molecule has 0 fully saturated rings. The van der Waals surface area contributed by atoms with Gasteiger partial charge in [-0.1, -0.05) is 6.08 Å². The van der Waals surface area contributed by atoms with Crippen molar-refractivity contribution in [2.24, 2.45) is 0 Å². The van der Waals surface area contributed by atoms with Gasteiger partial charge in [-0.3, -0.25) is 0 Å². The molecule has 0 aromatic carbocycles. The van der Waals surface area contributed by atoms with E-state index in [0.29, 0.717) is 0 Å². The van der Waals surface area contributed by atoms with Crippen LogP contribution in [-0.4, -0.2) is 11.1 Å². The lowest BCUT2D eigenvalue weighted by Crippen LogP contribution is -1.91. The average Bonchev–Trinajstić information content (AvgIpc) is 1.65. The molecule has 0 aromatic rings. The van der Waals surface area contributed by atoms with Gasteiger partial charge in [-0.25, -0.2) is 4.79 Å². The Morgan fingerprint density at radius 2 is 2.29 bits per heavy atom. The first-order valence-corrected chi connectivity index (χ1v) is 2.53. The van der Waals surface area contributed by atoms with Crippen molar-refractivity contribution in [2.75, 3.05) is 0 Å². The van der Waals surface area contributed by atoms with Crippen LogP contribution in [0.5, 0.6) is 0 Å². The summed E-state index contributed by atoms with van der Waals surface area (Å²) in [5.41, 5.74) is 0. The molecule has 0 aliphatic carbocycles. The average molecular weight is 165 g/mol. The molecule has 40 valence electrons. The van der Waals surface area contributed by atoms with Crippen LogP contribution in [0, 0.1) is 0 Å². The first-order chi connectivity index (χ1) is 3.18. The minimum absolute atomic E-state index is 0.201. The Bertz CT molecular complexity index is 106. The highest BCUT2D eigenvalue weighted by Gasteiger charge is 1.96. The van der Waals surface area contributed by atoms with E-state index in [1.807, 2.05) is 0 Å². The van der Waals surface area contributed by atoms with Gasteiger partial charge >= 0.3 is 5.97 Å². The predicted octanol–water partition coefficient (Wildman–Crippen LogP) is 1.37. The second-order valence-corrected chi connectivity index (χ2v) is 1.80. The maximum atomic E-state index is 9.82. The first kappa shape index (κ1) is 6.69. The summed E-state index contributed by atoms with van der Waals surface area (Å²) in [4.78, 5) is 9.82. The van der Waals surface area contributed by atoms with Crippen molar-refractivity contribution in [3.63, 3.8) is 0 Å². The van der Waals surface area contributed by atoms with Crippen LogP contribution in [0.2, 0.25) is 0 Å². The van der Waals surface area contributed by atoms with Crippen LogP contribution in [0.1, 0.15) is 6.92 Å². The van der Waals surface area contributed by atoms with Gasteiger partial charge in [-0.15, -0.1) is 0 Å². The summed E-state index contributed by atoms with van der Waals surface area (Å²) in [5, 5.41) is 8.07. The number of hydrogen-bond acceptors (Lipinski definition) is 1. The smallest absolute Gasteiger partial charge is 0.342 e. The van der Waals surface area contributed by atoms with E-state index in [9.17, 15) is 4.79 Å². The minimum atomic E-state index is -0.928. The molecule has 3 heteroatoms. The third kappa shape index (κ3) is 2.39. The van der Waals surface area contributed by atoms with E-state index in [1.165, 1.54) is 6.08 Å². The molecule has 0 amide bonds. The van der Waals surface area contributed by atoms with Gasteiger partial charge in [0.05, 0.1) is 4.48 Å². The molecular formula is C4H5BrO2. The number of allylic oxidation sites excluding steroid dienone is 1. The third-order valence-electron chi connectivity index (χ3n) is 0.458. The van der Waals surface area contributed by atoms with Crippen LogP contribution in [0.25, 0.3) is 0 Å². The van der Waals surface area contributed by atoms with Crippen molar-refractivity contribution in [3.05, 3.63) is 10.6 Å². The predicted molar refractivity (Wildman–Crippen MR) is 30.3 cm³/mol. The van der Waals surface area contributed by atoms with Crippen molar-refractivity contribution in [3.8, 4) is 0 Å². The van der Waals surface area contributed by atoms with E-state index in [0.717, 1.165) is 0 Å². The zero-order valence-corrected chi connectivity index (χ0v) is 5.40. The summed E-state index contributed by atoms with van der Waals surface area (Å²) in [6.07, 6.45) is 1.47. The topological polar surface area (TPSA) is 37.3 Å². The minimum Gasteiger partial charge on any atom is -0.477 e. The molecule has 0 saturated carbocycles. The summed E-state index contributed by atoms with van der Waals surface area (Å²) < 4.78 is 0.201. The first-order valence-electron chi connectivity index (χ1n) is 1.73. The monoisotopic (exact) mass is 164 g/mol. The van der Waals surface area contributed by atoms with Gasteiger partial charge in [0.1, 0.15) is 0 Å². The number of rotatable bonds is 1. The molecule has 0 aromatic heterocycles. The second kappa shape index (κ2) is 2.80. The Labute approximate surface area is 50.0 Å². The largest absolute Gasteiger partial charge is 0.477 e. The lowest BCUT2D eigenvalue weighted by Gasteiger charge is -1.81. The molecule has 0 atom stereocenters. The highest BCUT2D eigenvalue weighted by Crippen LogP contribution is 2.01. The Balaban J connectivity index is 3.82. The molecule has 0 rings (SSSR count). The summed E-state index contributed by atoms with van der Waals surface area (Å²) >= 11 is 2.80. The van der Waals surface area contributed by atoms with E-state index >= 15 is 0 Å². The quantitative estimate of drug-likeness (QED) is 0.595. The molecule has 1 N–H and O–H groups in total. The number of aliphatic carboxylic acids is 1. The SMILES string of the molecule is C/C=C(\Br)C(=O)O. The van der Waals surface area contributed by atoms with Gasteiger partial charge in [0.25, 0.3) is 0 Å². The Hall–Kier alpha value is -0.310. The van der Waals surface area contributed by atoms with Crippen LogP contribution >= 0.6 is 15.9 Å². The van der Waals surface area contributed by atoms with E-state index in [-0.39, 0.29) is 4.48 Å². The van der Waals surface area contributed by atoms with Crippen molar-refractivity contribution < 1.29 is 9.90 Å². The van der Waals surface area contributed by atoms with Gasteiger partial charge < -0.3 is 5.11 Å². The number of halogens is 1. The molecule has 0 saturated heterocycles. The maximum absolute atomic E-state index is 9.82. The number of carboxylic acids is 1. The molecule has 0 aliphatic rings. The normalized spacial score (nSPS) is 11.4. The summed E-state index contributed by atoms with van der Waals surface area (Å²) in [6.45, 7) is 1.65. The van der Waals surface area contributed by atoms with Gasteiger partial charge in [-0.2, -0.15) is 0 Å². The highest BCUT2D eigenvalue weighted by molar-refractivity contribution is 9.12. The van der Waals surface area contributed by atoms with Crippen molar-refractivity contribution in [2.45, 2.75) is 6.92 Å². The van der Waals surface area contributed by atoms with E-state index < -0.39 is 5.97 Å². The Morgan fingerprint density at radius 3 is 2.29 bits per heavy atom. The summed E-state index contributed by atoms with van der Waals surface area (Å²) in [5.74, 6) is -0.928. The van der Waals surface area contributed by atoms with Crippen LogP contribution in [0.4, 0.5) is 0 Å². The van der Waals surface area contributed by atoms with E-state index in [2.05, 4.69) is 15.9 Å². The van der Waals surface area contributed by atoms with Crippen LogP contribution < -0.4 is 0 Å². The standard InChI is InChI=1S/C4H5BrO2/c1-2-3(5)4(6)7/h2H,1H3,(H,6,7)/b3-2-. The van der Waals surface area contributed by atoms with Gasteiger partial charge in [0, 0.05) is 0 Å². The second-order valence-electron chi connectivity index (χ2n) is 0.942. The van der Waals surface area contributed by atoms with Crippen LogP contribution in [0.3, 0.4) is 0 Å². The molecule has 0 aliphatic heterocycles. The zero-order valence-electron chi connectivity index (χ0n) is 3.81. The van der Waals surface area contributed by atoms with Crippen molar-refractivity contribution in [1.82, 2.24) is 0 Å². The van der Waals surface area contributed by atoms with E-state index in [1.54, 1.807) is 6.92 Å². The molecule has 0 bridgehead atoms. The third-order valence-corrected chi connectivity index (χ3v) is 1.25. The molecule has 0 radical (unpaired) electrons. The summed E-state index contributed by atoms with van der Waals surface area (Å²) in [6, 6.07) is 0. The molecule has 0 heterocycles. The fraction of sp³-hybridized carbons (Fsp3) is 0.250. The highest BCUT2D eigenvalue weighted by atomic mass is 79.9. The fourth-order valence-electron chi connectivity index (χ4n) is 0.123. The molecule has 7 heavy (non-hydrogen) atoms.